The summed E-state index contributed by atoms with van der Waals surface area (Å²) < 4.78 is 0. The lowest BCUT2D eigenvalue weighted by atomic mass is 9.92. The van der Waals surface area contributed by atoms with E-state index in [1.165, 1.54) is 39.1 Å². The fourth-order valence-corrected chi connectivity index (χ4v) is 2.76. The molecule has 0 saturated heterocycles. The van der Waals surface area contributed by atoms with Crippen LogP contribution in [0.3, 0.4) is 0 Å². The maximum atomic E-state index is 2.35. The van der Waals surface area contributed by atoms with Crippen molar-refractivity contribution in [1.29, 1.82) is 0 Å². The molecule has 13 heavy (non-hydrogen) atoms. The molecule has 0 spiro atoms. The fraction of sp³-hybridized carbons (Fsp3) is 0.500. The molecule has 0 saturated carbocycles. The molecule has 0 aliphatic rings. The number of hydrogen-bond donors (Lipinski definition) is 0. The van der Waals surface area contributed by atoms with Gasteiger partial charge in [0.05, 0.1) is 0 Å². The first-order valence-corrected chi connectivity index (χ1v) is 6.64. The lowest BCUT2D eigenvalue weighted by Gasteiger charge is -2.15. The zero-order chi connectivity index (χ0) is 9.84. The van der Waals surface area contributed by atoms with Crippen LogP contribution in [0.1, 0.15) is 36.0 Å². The number of aryl methyl sites for hydroxylation is 1. The van der Waals surface area contributed by atoms with Crippen LogP contribution in [-0.4, -0.2) is 16.3 Å². The van der Waals surface area contributed by atoms with Crippen molar-refractivity contribution in [3.63, 3.8) is 0 Å². The van der Waals surface area contributed by atoms with Crippen LogP contribution < -0.4 is 0 Å². The summed E-state index contributed by atoms with van der Waals surface area (Å²) in [6, 6.07) is 6.66. The Kier molecular flexibility index (Phi) is 4.03. The van der Waals surface area contributed by atoms with E-state index < -0.39 is 0 Å². The van der Waals surface area contributed by atoms with Crippen molar-refractivity contribution in [2.24, 2.45) is 0 Å². The van der Waals surface area contributed by atoms with Gasteiger partial charge in [0, 0.05) is 0 Å². The maximum Gasteiger partial charge on any atom is 0.211 e. The molecule has 0 nitrogen and oxygen atoms in total. The van der Waals surface area contributed by atoms with Gasteiger partial charge in [-0.1, -0.05) is 31.5 Å². The quantitative estimate of drug-likeness (QED) is 0.643. The normalized spacial score (nSPS) is 12.8. The van der Waals surface area contributed by atoms with Crippen LogP contribution in [0.15, 0.2) is 18.2 Å². The average Bonchev–Trinajstić information content (AvgIpc) is 2.10. The molecule has 1 atom stereocenters. The molecular weight excluding hydrogens is 171 g/mol. The Bertz CT molecular complexity index is 278. The molecule has 0 aliphatic heterocycles. The highest BCUT2D eigenvalue weighted by Crippen LogP contribution is 2.25. The van der Waals surface area contributed by atoms with Crippen LogP contribution in [0.2, 0.25) is 5.28 Å². The van der Waals surface area contributed by atoms with E-state index in [0.29, 0.717) is 0 Å². The van der Waals surface area contributed by atoms with Crippen LogP contribution in [0.4, 0.5) is 0 Å². The van der Waals surface area contributed by atoms with E-state index in [9.17, 15) is 0 Å². The SMILES string of the molecule is Cc1cccc(C(C)C[CH2][AlH2])c1C. The Morgan fingerprint density at radius 2 is 2.00 bits per heavy atom. The highest BCUT2D eigenvalue weighted by molar-refractivity contribution is 6.08. The Labute approximate surface area is 89.8 Å². The van der Waals surface area contributed by atoms with Crippen molar-refractivity contribution in [2.75, 3.05) is 0 Å². The molecule has 0 aliphatic carbocycles. The molecule has 0 amide bonds. The van der Waals surface area contributed by atoms with Gasteiger partial charge in [-0.2, -0.15) is 0 Å². The molecule has 0 bridgehead atoms. The maximum absolute atomic E-state index is 2.35. The third kappa shape index (κ3) is 2.60. The Hall–Kier alpha value is -0.248. The molecule has 0 radical (unpaired) electrons. The van der Waals surface area contributed by atoms with Gasteiger partial charge in [0.15, 0.2) is 0 Å². The van der Waals surface area contributed by atoms with Gasteiger partial charge in [-0.3, -0.25) is 0 Å². The van der Waals surface area contributed by atoms with Crippen LogP contribution in [0, 0.1) is 13.8 Å². The van der Waals surface area contributed by atoms with Crippen molar-refractivity contribution in [3.8, 4) is 0 Å². The molecule has 0 heterocycles. The van der Waals surface area contributed by atoms with Gasteiger partial charge in [-0.15, -0.1) is 5.28 Å². The molecule has 0 N–H and O–H groups in total. The smallest absolute Gasteiger partial charge is 0.101 e. The summed E-state index contributed by atoms with van der Waals surface area (Å²) in [5.74, 6) is 0.748. The minimum absolute atomic E-state index is 0.748. The van der Waals surface area contributed by atoms with Crippen LogP contribution in [0.25, 0.3) is 0 Å². The predicted molar refractivity (Wildman–Crippen MR) is 62.3 cm³/mol. The van der Waals surface area contributed by atoms with Crippen molar-refractivity contribution in [3.05, 3.63) is 34.9 Å². The summed E-state index contributed by atoms with van der Waals surface area (Å²) in [6.45, 7) is 6.79. The summed E-state index contributed by atoms with van der Waals surface area (Å²) in [6.07, 6.45) is 1.36. The van der Waals surface area contributed by atoms with Gasteiger partial charge in [-0.05, 0) is 36.5 Å². The summed E-state index contributed by atoms with van der Waals surface area (Å²) in [4.78, 5) is 0. The van der Waals surface area contributed by atoms with Crippen LogP contribution in [0.5, 0.6) is 0 Å². The first kappa shape index (κ1) is 10.8. The molecule has 1 unspecified atom stereocenters. The Balaban J connectivity index is 2.93. The highest BCUT2D eigenvalue weighted by atomic mass is 27.0. The summed E-state index contributed by atoms with van der Waals surface area (Å²) in [5.41, 5.74) is 4.47. The van der Waals surface area contributed by atoms with Gasteiger partial charge in [0.2, 0.25) is 16.3 Å². The predicted octanol–water partition coefficient (Wildman–Crippen LogP) is 2.85. The minimum atomic E-state index is 0.748. The Morgan fingerprint density at radius 1 is 1.31 bits per heavy atom. The van der Waals surface area contributed by atoms with E-state index in [2.05, 4.69) is 39.0 Å². The van der Waals surface area contributed by atoms with Crippen molar-refractivity contribution >= 4 is 16.3 Å². The summed E-state index contributed by atoms with van der Waals surface area (Å²) in [7, 11) is 0. The average molecular weight is 190 g/mol. The standard InChI is InChI=1S/C12H17.Al.2H/c1-5-9(2)12-8-6-7-10(3)11(12)4;;;/h6-9H,1,5H2,2-4H3;;;. The molecular formula is C12H19Al. The molecule has 0 fully saturated rings. The second-order valence-corrected chi connectivity index (χ2v) is 4.98. The first-order chi connectivity index (χ1) is 6.16. The number of rotatable bonds is 3. The van der Waals surface area contributed by atoms with Gasteiger partial charge in [0.1, 0.15) is 0 Å². The van der Waals surface area contributed by atoms with Crippen molar-refractivity contribution in [2.45, 2.75) is 38.4 Å². The topological polar surface area (TPSA) is 0 Å². The molecule has 70 valence electrons. The first-order valence-electron chi connectivity index (χ1n) is 5.23. The number of hydrogen-bond acceptors (Lipinski definition) is 0. The van der Waals surface area contributed by atoms with E-state index >= 15 is 0 Å². The lowest BCUT2D eigenvalue weighted by molar-refractivity contribution is 0.726. The zero-order valence-electron chi connectivity index (χ0n) is 9.22. The number of benzene rings is 1. The van der Waals surface area contributed by atoms with E-state index in [4.69, 9.17) is 0 Å². The largest absolute Gasteiger partial charge is 0.211 e. The van der Waals surface area contributed by atoms with Gasteiger partial charge in [-0.25, -0.2) is 0 Å². The van der Waals surface area contributed by atoms with Crippen LogP contribution in [-0.2, 0) is 0 Å². The monoisotopic (exact) mass is 190 g/mol. The third-order valence-corrected chi connectivity index (χ3v) is 3.48. The summed E-state index contributed by atoms with van der Waals surface area (Å²) in [5, 5.41) is 1.41. The molecule has 1 heteroatoms. The summed E-state index contributed by atoms with van der Waals surface area (Å²) >= 11 is 1.33. The third-order valence-electron chi connectivity index (χ3n) is 2.90. The molecule has 0 aromatic heterocycles. The second kappa shape index (κ2) is 4.84. The highest BCUT2D eigenvalue weighted by Gasteiger charge is 2.07. The van der Waals surface area contributed by atoms with Crippen molar-refractivity contribution in [1.82, 2.24) is 0 Å². The van der Waals surface area contributed by atoms with E-state index in [1.807, 2.05) is 0 Å². The molecule has 1 rings (SSSR count). The van der Waals surface area contributed by atoms with Gasteiger partial charge in [0.25, 0.3) is 0 Å². The van der Waals surface area contributed by atoms with E-state index in [0.717, 1.165) is 5.92 Å². The molecule has 1 aromatic carbocycles. The van der Waals surface area contributed by atoms with Crippen molar-refractivity contribution < 1.29 is 0 Å². The van der Waals surface area contributed by atoms with E-state index in [1.54, 1.807) is 5.56 Å². The van der Waals surface area contributed by atoms with Crippen LogP contribution >= 0.6 is 0 Å². The Morgan fingerprint density at radius 3 is 2.62 bits per heavy atom. The lowest BCUT2D eigenvalue weighted by Crippen LogP contribution is -1.97. The van der Waals surface area contributed by atoms with Gasteiger partial charge >= 0.3 is 0 Å². The second-order valence-electron chi connectivity index (χ2n) is 3.98. The minimum Gasteiger partial charge on any atom is -0.101 e. The van der Waals surface area contributed by atoms with E-state index in [-0.39, 0.29) is 0 Å². The zero-order valence-corrected chi connectivity index (χ0v) is 11.2. The van der Waals surface area contributed by atoms with Gasteiger partial charge < -0.3 is 0 Å². The fourth-order valence-electron chi connectivity index (χ4n) is 1.90. The molecule has 1 aromatic rings.